The number of benzene rings is 1. The molecule has 0 aliphatic carbocycles. The molecule has 1 aromatic heterocycles. The largest absolute Gasteiger partial charge is 0.497 e. The van der Waals surface area contributed by atoms with Crippen LogP contribution in [0, 0.1) is 0 Å². The van der Waals surface area contributed by atoms with E-state index in [0.29, 0.717) is 0 Å². The van der Waals surface area contributed by atoms with E-state index < -0.39 is 0 Å². The molecule has 112 valence electrons. The zero-order valence-electron chi connectivity index (χ0n) is 13.0. The number of hydrogen-bond acceptors (Lipinski definition) is 4. The minimum Gasteiger partial charge on any atom is -0.497 e. The molecular weight excluding hydrogens is 280 g/mol. The number of rotatable bonds is 5. The average Bonchev–Trinajstić information content (AvgIpc) is 2.46. The van der Waals surface area contributed by atoms with Crippen LogP contribution in [0.4, 0.5) is 0 Å². The fraction of sp³-hybridized carbons (Fsp3) is 0.353. The van der Waals surface area contributed by atoms with Crippen LogP contribution in [-0.4, -0.2) is 17.6 Å². The van der Waals surface area contributed by atoms with Gasteiger partial charge in [-0.3, -0.25) is 0 Å². The Bertz CT molecular complexity index is 559. The lowest BCUT2D eigenvalue weighted by Crippen LogP contribution is -2.35. The summed E-state index contributed by atoms with van der Waals surface area (Å²) >= 11 is 1.65. The van der Waals surface area contributed by atoms with Crippen molar-refractivity contribution in [3.8, 4) is 5.75 Å². The number of hydrogen-bond donors (Lipinski definition) is 1. The predicted molar refractivity (Wildman–Crippen MR) is 87.9 cm³/mol. The van der Waals surface area contributed by atoms with Gasteiger partial charge in [-0.05, 0) is 56.7 Å². The Balaban J connectivity index is 1.95. The van der Waals surface area contributed by atoms with E-state index in [9.17, 15) is 0 Å². The summed E-state index contributed by atoms with van der Waals surface area (Å²) in [7, 11) is 1.67. The predicted octanol–water partition coefficient (Wildman–Crippen LogP) is 4.13. The highest BCUT2D eigenvalue weighted by atomic mass is 32.2. The molecule has 0 bridgehead atoms. The highest BCUT2D eigenvalue weighted by Gasteiger charge is 2.08. The van der Waals surface area contributed by atoms with Crippen molar-refractivity contribution in [1.82, 2.24) is 10.3 Å². The molecule has 21 heavy (non-hydrogen) atoms. The summed E-state index contributed by atoms with van der Waals surface area (Å²) in [6, 6.07) is 12.2. The van der Waals surface area contributed by atoms with Gasteiger partial charge in [0.15, 0.2) is 0 Å². The van der Waals surface area contributed by atoms with Crippen molar-refractivity contribution in [3.63, 3.8) is 0 Å². The average molecular weight is 302 g/mol. The van der Waals surface area contributed by atoms with Crippen LogP contribution >= 0.6 is 11.8 Å². The first-order chi connectivity index (χ1) is 9.96. The third-order valence-corrected chi connectivity index (χ3v) is 3.86. The zero-order chi connectivity index (χ0) is 15.3. The number of ether oxygens (including phenoxy) is 1. The van der Waals surface area contributed by atoms with Gasteiger partial charge in [-0.25, -0.2) is 4.98 Å². The van der Waals surface area contributed by atoms with Crippen LogP contribution in [0.25, 0.3) is 0 Å². The molecule has 2 aromatic rings. The quantitative estimate of drug-likeness (QED) is 0.900. The lowest BCUT2D eigenvalue weighted by Gasteiger charge is -2.20. The van der Waals surface area contributed by atoms with Crippen LogP contribution in [0.15, 0.2) is 52.5 Å². The monoisotopic (exact) mass is 302 g/mol. The van der Waals surface area contributed by atoms with Gasteiger partial charge in [-0.15, -0.1) is 0 Å². The molecule has 0 saturated heterocycles. The highest BCUT2D eigenvalue weighted by Crippen LogP contribution is 2.27. The molecule has 0 radical (unpaired) electrons. The summed E-state index contributed by atoms with van der Waals surface area (Å²) in [6.45, 7) is 7.32. The summed E-state index contributed by atoms with van der Waals surface area (Å²) in [6.07, 6.45) is 1.94. The maximum atomic E-state index is 5.16. The molecule has 0 atom stereocenters. The molecular formula is C17H22N2OS. The molecule has 1 aromatic carbocycles. The Morgan fingerprint density at radius 1 is 1.10 bits per heavy atom. The topological polar surface area (TPSA) is 34.1 Å². The Hall–Kier alpha value is -1.52. The first kappa shape index (κ1) is 15.9. The SMILES string of the molecule is COc1ccc(Sc2ccc(CNC(C)(C)C)cn2)cc1. The Morgan fingerprint density at radius 3 is 2.33 bits per heavy atom. The van der Waals surface area contributed by atoms with E-state index in [2.05, 4.69) is 43.2 Å². The van der Waals surface area contributed by atoms with Crippen LogP contribution < -0.4 is 10.1 Å². The van der Waals surface area contributed by atoms with E-state index in [4.69, 9.17) is 4.74 Å². The van der Waals surface area contributed by atoms with Gasteiger partial charge in [0.2, 0.25) is 0 Å². The maximum Gasteiger partial charge on any atom is 0.118 e. The second kappa shape index (κ2) is 6.96. The van der Waals surface area contributed by atoms with Crippen molar-refractivity contribution in [2.45, 2.75) is 42.8 Å². The summed E-state index contributed by atoms with van der Waals surface area (Å²) < 4.78 is 5.16. The molecule has 0 aliphatic heterocycles. The van der Waals surface area contributed by atoms with Gasteiger partial charge in [-0.1, -0.05) is 17.8 Å². The van der Waals surface area contributed by atoms with Crippen molar-refractivity contribution in [1.29, 1.82) is 0 Å². The first-order valence-electron chi connectivity index (χ1n) is 6.98. The molecule has 3 nitrogen and oxygen atoms in total. The van der Waals surface area contributed by atoms with Crippen molar-refractivity contribution < 1.29 is 4.74 Å². The maximum absolute atomic E-state index is 5.16. The van der Waals surface area contributed by atoms with Gasteiger partial charge in [0.05, 0.1) is 7.11 Å². The second-order valence-electron chi connectivity index (χ2n) is 5.89. The summed E-state index contributed by atoms with van der Waals surface area (Å²) in [5.74, 6) is 0.871. The number of nitrogens with zero attached hydrogens (tertiary/aromatic N) is 1. The van der Waals surface area contributed by atoms with Crippen molar-refractivity contribution in [2.75, 3.05) is 7.11 Å². The van der Waals surface area contributed by atoms with E-state index in [1.54, 1.807) is 18.9 Å². The molecule has 0 unspecified atom stereocenters. The smallest absolute Gasteiger partial charge is 0.118 e. The van der Waals surface area contributed by atoms with Crippen molar-refractivity contribution in [2.24, 2.45) is 0 Å². The molecule has 0 fully saturated rings. The Morgan fingerprint density at radius 2 is 1.81 bits per heavy atom. The lowest BCUT2D eigenvalue weighted by molar-refractivity contribution is 0.414. The number of pyridine rings is 1. The first-order valence-corrected chi connectivity index (χ1v) is 7.80. The molecule has 1 N–H and O–H groups in total. The van der Waals surface area contributed by atoms with E-state index in [1.165, 1.54) is 5.56 Å². The van der Waals surface area contributed by atoms with Crippen LogP contribution in [0.1, 0.15) is 26.3 Å². The van der Waals surface area contributed by atoms with E-state index in [-0.39, 0.29) is 5.54 Å². The van der Waals surface area contributed by atoms with Gasteiger partial charge >= 0.3 is 0 Å². The number of aromatic nitrogens is 1. The normalized spacial score (nSPS) is 11.4. The second-order valence-corrected chi connectivity index (χ2v) is 6.98. The molecule has 4 heteroatoms. The minimum absolute atomic E-state index is 0.122. The summed E-state index contributed by atoms with van der Waals surface area (Å²) in [4.78, 5) is 5.67. The van der Waals surface area contributed by atoms with Crippen LogP contribution in [0.3, 0.4) is 0 Å². The Labute approximate surface area is 131 Å². The van der Waals surface area contributed by atoms with Crippen LogP contribution in [0.2, 0.25) is 0 Å². The van der Waals surface area contributed by atoms with Gasteiger partial charge in [0, 0.05) is 23.2 Å². The van der Waals surface area contributed by atoms with Gasteiger partial charge in [0.1, 0.15) is 10.8 Å². The summed E-state index contributed by atoms with van der Waals surface area (Å²) in [5.41, 5.74) is 1.32. The van der Waals surface area contributed by atoms with E-state index >= 15 is 0 Å². The fourth-order valence-corrected chi connectivity index (χ4v) is 2.46. The zero-order valence-corrected chi connectivity index (χ0v) is 13.8. The van der Waals surface area contributed by atoms with Crippen molar-refractivity contribution >= 4 is 11.8 Å². The third kappa shape index (κ3) is 5.40. The van der Waals surface area contributed by atoms with Crippen LogP contribution in [-0.2, 0) is 6.54 Å². The molecule has 0 spiro atoms. The van der Waals surface area contributed by atoms with Gasteiger partial charge in [-0.2, -0.15) is 0 Å². The molecule has 0 saturated carbocycles. The molecule has 0 aliphatic rings. The third-order valence-electron chi connectivity index (χ3n) is 2.90. The number of nitrogens with one attached hydrogen (secondary N) is 1. The Kier molecular flexibility index (Phi) is 5.26. The molecule has 1 heterocycles. The van der Waals surface area contributed by atoms with Crippen molar-refractivity contribution in [3.05, 3.63) is 48.2 Å². The molecule has 2 rings (SSSR count). The minimum atomic E-state index is 0.122. The highest BCUT2D eigenvalue weighted by molar-refractivity contribution is 7.99. The standard InChI is InChI=1S/C17H22N2OS/c1-17(2,3)19-12-13-5-10-16(18-11-13)21-15-8-6-14(20-4)7-9-15/h5-11,19H,12H2,1-4H3. The van der Waals surface area contributed by atoms with E-state index in [0.717, 1.165) is 22.2 Å². The lowest BCUT2D eigenvalue weighted by atomic mass is 10.1. The van der Waals surface area contributed by atoms with Gasteiger partial charge < -0.3 is 10.1 Å². The van der Waals surface area contributed by atoms with Crippen LogP contribution in [0.5, 0.6) is 5.75 Å². The van der Waals surface area contributed by atoms with Gasteiger partial charge in [0.25, 0.3) is 0 Å². The van der Waals surface area contributed by atoms with E-state index in [1.807, 2.05) is 30.5 Å². The summed E-state index contributed by atoms with van der Waals surface area (Å²) in [5, 5.41) is 4.46. The molecule has 0 amide bonds. The number of methoxy groups -OCH3 is 1. The fourth-order valence-electron chi connectivity index (χ4n) is 1.71.